The van der Waals surface area contributed by atoms with Crippen molar-refractivity contribution in [2.24, 2.45) is 0 Å². The first kappa shape index (κ1) is 18.1. The SMILES string of the molecule is Cc1cc(C)cc(-c2ncnc3cc(B4OC(C)(C)C(C)(C)O4)ccc23)c1. The molecule has 27 heavy (non-hydrogen) atoms. The van der Waals surface area contributed by atoms with E-state index < -0.39 is 0 Å². The number of hydrogen-bond donors (Lipinski definition) is 0. The second-order valence-electron chi connectivity index (χ2n) is 8.46. The van der Waals surface area contributed by atoms with Gasteiger partial charge in [-0.3, -0.25) is 0 Å². The lowest BCUT2D eigenvalue weighted by molar-refractivity contribution is 0.00578. The topological polar surface area (TPSA) is 44.2 Å². The predicted molar refractivity (Wildman–Crippen MR) is 110 cm³/mol. The molecule has 1 fully saturated rings. The van der Waals surface area contributed by atoms with Gasteiger partial charge in [0.15, 0.2) is 0 Å². The van der Waals surface area contributed by atoms with Gasteiger partial charge < -0.3 is 9.31 Å². The van der Waals surface area contributed by atoms with E-state index in [0.29, 0.717) is 0 Å². The van der Waals surface area contributed by atoms with E-state index in [1.165, 1.54) is 11.1 Å². The van der Waals surface area contributed by atoms with Gasteiger partial charge in [-0.15, -0.1) is 0 Å². The summed E-state index contributed by atoms with van der Waals surface area (Å²) >= 11 is 0. The molecule has 0 N–H and O–H groups in total. The molecule has 4 rings (SSSR count). The maximum atomic E-state index is 6.18. The molecule has 0 unspecified atom stereocenters. The van der Waals surface area contributed by atoms with E-state index in [2.05, 4.69) is 81.8 Å². The van der Waals surface area contributed by atoms with E-state index in [4.69, 9.17) is 9.31 Å². The third-order valence-corrected chi connectivity index (χ3v) is 5.68. The Kier molecular flexibility index (Phi) is 4.13. The van der Waals surface area contributed by atoms with Crippen LogP contribution >= 0.6 is 0 Å². The van der Waals surface area contributed by atoms with Gasteiger partial charge in [-0.05, 0) is 65.2 Å². The average molecular weight is 360 g/mol. The molecule has 0 radical (unpaired) electrons. The number of aromatic nitrogens is 2. The molecule has 1 aromatic heterocycles. The number of hydrogen-bond acceptors (Lipinski definition) is 4. The first-order valence-corrected chi connectivity index (χ1v) is 9.35. The summed E-state index contributed by atoms with van der Waals surface area (Å²) in [6, 6.07) is 12.7. The Hall–Kier alpha value is -2.24. The van der Waals surface area contributed by atoms with Crippen molar-refractivity contribution in [3.63, 3.8) is 0 Å². The van der Waals surface area contributed by atoms with Crippen molar-refractivity contribution >= 4 is 23.5 Å². The number of aryl methyl sites for hydroxylation is 2. The maximum absolute atomic E-state index is 6.18. The van der Waals surface area contributed by atoms with Crippen LogP contribution in [0, 0.1) is 13.8 Å². The molecule has 5 heteroatoms. The van der Waals surface area contributed by atoms with E-state index in [-0.39, 0.29) is 18.3 Å². The first-order chi connectivity index (χ1) is 12.7. The van der Waals surface area contributed by atoms with Crippen LogP contribution in [0.1, 0.15) is 38.8 Å². The molecular formula is C22H25BN2O2. The molecular weight excluding hydrogens is 335 g/mol. The van der Waals surface area contributed by atoms with Crippen molar-refractivity contribution in [2.75, 3.05) is 0 Å². The highest BCUT2D eigenvalue weighted by Gasteiger charge is 2.51. The van der Waals surface area contributed by atoms with Crippen molar-refractivity contribution in [3.05, 3.63) is 53.9 Å². The summed E-state index contributed by atoms with van der Waals surface area (Å²) in [5.74, 6) is 0. The Morgan fingerprint density at radius 3 is 2.07 bits per heavy atom. The van der Waals surface area contributed by atoms with Crippen molar-refractivity contribution in [2.45, 2.75) is 52.7 Å². The lowest BCUT2D eigenvalue weighted by atomic mass is 9.78. The monoisotopic (exact) mass is 360 g/mol. The minimum absolute atomic E-state index is 0.359. The molecule has 1 aliphatic heterocycles. The predicted octanol–water partition coefficient (Wildman–Crippen LogP) is 4.21. The van der Waals surface area contributed by atoms with Gasteiger partial charge >= 0.3 is 7.12 Å². The van der Waals surface area contributed by atoms with Crippen LogP contribution in [-0.4, -0.2) is 28.3 Å². The molecule has 1 saturated heterocycles. The van der Waals surface area contributed by atoms with Crippen LogP contribution in [0.4, 0.5) is 0 Å². The number of nitrogens with zero attached hydrogens (tertiary/aromatic N) is 2. The smallest absolute Gasteiger partial charge is 0.399 e. The van der Waals surface area contributed by atoms with Crippen LogP contribution in [0.2, 0.25) is 0 Å². The zero-order valence-electron chi connectivity index (χ0n) is 16.8. The zero-order valence-corrected chi connectivity index (χ0v) is 16.8. The van der Waals surface area contributed by atoms with E-state index >= 15 is 0 Å². The standard InChI is InChI=1S/C22H25BN2O2/c1-14-9-15(2)11-16(10-14)20-18-8-7-17(12-19(18)24-13-25-20)23-26-21(3,4)22(5,6)27-23/h7-13H,1-6H3. The zero-order chi connectivity index (χ0) is 19.4. The molecule has 0 aliphatic carbocycles. The molecule has 0 bridgehead atoms. The quantitative estimate of drug-likeness (QED) is 0.642. The summed E-state index contributed by atoms with van der Waals surface area (Å²) in [4.78, 5) is 9.05. The summed E-state index contributed by atoms with van der Waals surface area (Å²) in [6.45, 7) is 12.5. The van der Waals surface area contributed by atoms with Gasteiger partial charge in [0.25, 0.3) is 0 Å². The number of benzene rings is 2. The fourth-order valence-corrected chi connectivity index (χ4v) is 3.54. The van der Waals surface area contributed by atoms with Crippen LogP contribution in [0.15, 0.2) is 42.7 Å². The molecule has 0 amide bonds. The maximum Gasteiger partial charge on any atom is 0.494 e. The second-order valence-corrected chi connectivity index (χ2v) is 8.46. The van der Waals surface area contributed by atoms with Crippen molar-refractivity contribution in [3.8, 4) is 11.3 Å². The Bertz CT molecular complexity index is 994. The summed E-state index contributed by atoms with van der Waals surface area (Å²) in [6.07, 6.45) is 1.63. The fourth-order valence-electron chi connectivity index (χ4n) is 3.54. The van der Waals surface area contributed by atoms with Crippen molar-refractivity contribution < 1.29 is 9.31 Å². The minimum atomic E-state index is -0.390. The first-order valence-electron chi connectivity index (χ1n) is 9.35. The van der Waals surface area contributed by atoms with Gasteiger partial charge in [0, 0.05) is 10.9 Å². The Morgan fingerprint density at radius 2 is 1.44 bits per heavy atom. The van der Waals surface area contributed by atoms with Gasteiger partial charge in [-0.1, -0.05) is 29.3 Å². The molecule has 0 saturated carbocycles. The summed E-state index contributed by atoms with van der Waals surface area (Å²) in [5.41, 5.74) is 5.68. The molecule has 138 valence electrons. The van der Waals surface area contributed by atoms with E-state index in [0.717, 1.165) is 27.6 Å². The third kappa shape index (κ3) is 3.15. The number of rotatable bonds is 2. The van der Waals surface area contributed by atoms with Crippen LogP contribution in [-0.2, 0) is 9.31 Å². The van der Waals surface area contributed by atoms with Gasteiger partial charge in [-0.2, -0.15) is 0 Å². The largest absolute Gasteiger partial charge is 0.494 e. The lowest BCUT2D eigenvalue weighted by Crippen LogP contribution is -2.41. The van der Waals surface area contributed by atoms with Gasteiger partial charge in [-0.25, -0.2) is 9.97 Å². The van der Waals surface area contributed by atoms with Crippen LogP contribution < -0.4 is 5.46 Å². The summed E-state index contributed by atoms with van der Waals surface area (Å²) < 4.78 is 12.4. The number of fused-ring (bicyclic) bond motifs is 1. The average Bonchev–Trinajstić information content (AvgIpc) is 2.80. The second kappa shape index (κ2) is 6.15. The molecule has 1 aliphatic rings. The van der Waals surface area contributed by atoms with Gasteiger partial charge in [0.2, 0.25) is 0 Å². The lowest BCUT2D eigenvalue weighted by Gasteiger charge is -2.32. The van der Waals surface area contributed by atoms with Crippen LogP contribution in [0.5, 0.6) is 0 Å². The van der Waals surface area contributed by atoms with Crippen LogP contribution in [0.3, 0.4) is 0 Å². The molecule has 2 heterocycles. The molecule has 4 nitrogen and oxygen atoms in total. The Labute approximate surface area is 161 Å². The normalized spacial score (nSPS) is 18.2. The van der Waals surface area contributed by atoms with Crippen LogP contribution in [0.25, 0.3) is 22.2 Å². The van der Waals surface area contributed by atoms with Crippen molar-refractivity contribution in [1.82, 2.24) is 9.97 Å². The Morgan fingerprint density at radius 1 is 0.815 bits per heavy atom. The summed E-state index contributed by atoms with van der Waals surface area (Å²) in [7, 11) is -0.390. The van der Waals surface area contributed by atoms with Gasteiger partial charge in [0.05, 0.1) is 22.4 Å². The van der Waals surface area contributed by atoms with Crippen molar-refractivity contribution in [1.29, 1.82) is 0 Å². The third-order valence-electron chi connectivity index (χ3n) is 5.68. The summed E-state index contributed by atoms with van der Waals surface area (Å²) in [5, 5.41) is 1.03. The van der Waals surface area contributed by atoms with E-state index in [9.17, 15) is 0 Å². The highest BCUT2D eigenvalue weighted by Crippen LogP contribution is 2.36. The van der Waals surface area contributed by atoms with E-state index in [1.54, 1.807) is 6.33 Å². The molecule has 2 aromatic carbocycles. The van der Waals surface area contributed by atoms with Gasteiger partial charge in [0.1, 0.15) is 6.33 Å². The highest BCUT2D eigenvalue weighted by molar-refractivity contribution is 6.62. The minimum Gasteiger partial charge on any atom is -0.399 e. The Balaban J connectivity index is 1.77. The highest BCUT2D eigenvalue weighted by atomic mass is 16.7. The van der Waals surface area contributed by atoms with E-state index in [1.807, 2.05) is 6.07 Å². The molecule has 0 atom stereocenters. The molecule has 3 aromatic rings. The fraction of sp³-hybridized carbons (Fsp3) is 0.364. The molecule has 0 spiro atoms.